The van der Waals surface area contributed by atoms with Crippen LogP contribution in [0.2, 0.25) is 0 Å². The van der Waals surface area contributed by atoms with Crippen LogP contribution in [0.4, 0.5) is 8.78 Å². The fraction of sp³-hybridized carbons (Fsp3) is 0.0909. The standard InChI is InChI=1S/C11H8F2N2O2/c12-8-1-2-9(13)7(3-8)4-15-5-10(11(16)17)14-6-15/h1-3,5-6H,4H2,(H,16,17). The van der Waals surface area contributed by atoms with Gasteiger partial charge < -0.3 is 9.67 Å². The number of carbonyl (C=O) groups is 1. The molecule has 0 bridgehead atoms. The lowest BCUT2D eigenvalue weighted by atomic mass is 10.2. The van der Waals surface area contributed by atoms with Gasteiger partial charge in [-0.3, -0.25) is 0 Å². The highest BCUT2D eigenvalue weighted by molar-refractivity contribution is 5.84. The van der Waals surface area contributed by atoms with Crippen LogP contribution < -0.4 is 0 Å². The van der Waals surface area contributed by atoms with Crippen LogP contribution in [0.25, 0.3) is 0 Å². The number of carboxylic acid groups (broad SMARTS) is 1. The molecule has 6 heteroatoms. The highest BCUT2D eigenvalue weighted by atomic mass is 19.1. The molecule has 0 aliphatic rings. The third-order valence-electron chi connectivity index (χ3n) is 2.21. The van der Waals surface area contributed by atoms with Gasteiger partial charge in [0.15, 0.2) is 5.69 Å². The number of carboxylic acids is 1. The van der Waals surface area contributed by atoms with E-state index in [4.69, 9.17) is 5.11 Å². The van der Waals surface area contributed by atoms with Crippen molar-refractivity contribution in [1.82, 2.24) is 9.55 Å². The van der Waals surface area contributed by atoms with Crippen molar-refractivity contribution in [3.63, 3.8) is 0 Å². The first kappa shape index (κ1) is 11.3. The summed E-state index contributed by atoms with van der Waals surface area (Å²) in [6.45, 7) is 0.0316. The Hall–Kier alpha value is -2.24. The molecule has 0 unspecified atom stereocenters. The number of rotatable bonds is 3. The minimum atomic E-state index is -1.16. The van der Waals surface area contributed by atoms with E-state index in [1.54, 1.807) is 0 Å². The average molecular weight is 238 g/mol. The molecule has 88 valence electrons. The quantitative estimate of drug-likeness (QED) is 0.888. The fourth-order valence-corrected chi connectivity index (χ4v) is 1.42. The number of aromatic nitrogens is 2. The Morgan fingerprint density at radius 2 is 2.18 bits per heavy atom. The molecule has 2 rings (SSSR count). The maximum atomic E-state index is 13.3. The maximum absolute atomic E-state index is 13.3. The fourth-order valence-electron chi connectivity index (χ4n) is 1.42. The van der Waals surface area contributed by atoms with Gasteiger partial charge >= 0.3 is 5.97 Å². The summed E-state index contributed by atoms with van der Waals surface area (Å²) >= 11 is 0. The summed E-state index contributed by atoms with van der Waals surface area (Å²) < 4.78 is 27.6. The second kappa shape index (κ2) is 4.32. The molecule has 1 heterocycles. The minimum Gasteiger partial charge on any atom is -0.476 e. The van der Waals surface area contributed by atoms with Gasteiger partial charge in [-0.05, 0) is 18.2 Å². The maximum Gasteiger partial charge on any atom is 0.356 e. The normalized spacial score (nSPS) is 10.5. The van der Waals surface area contributed by atoms with Gasteiger partial charge in [-0.2, -0.15) is 0 Å². The molecule has 0 radical (unpaired) electrons. The molecule has 1 N–H and O–H groups in total. The van der Waals surface area contributed by atoms with Crippen molar-refractivity contribution in [3.8, 4) is 0 Å². The van der Waals surface area contributed by atoms with E-state index in [0.717, 1.165) is 18.2 Å². The highest BCUT2D eigenvalue weighted by Gasteiger charge is 2.09. The number of halogens is 2. The monoisotopic (exact) mass is 238 g/mol. The molecule has 4 nitrogen and oxygen atoms in total. The Kier molecular flexibility index (Phi) is 2.86. The van der Waals surface area contributed by atoms with Crippen LogP contribution >= 0.6 is 0 Å². The van der Waals surface area contributed by atoms with Crippen LogP contribution in [-0.2, 0) is 6.54 Å². The molecule has 1 aromatic carbocycles. The Labute approximate surface area is 95.1 Å². The van der Waals surface area contributed by atoms with Gasteiger partial charge in [-0.25, -0.2) is 18.6 Å². The smallest absolute Gasteiger partial charge is 0.356 e. The molecule has 0 aliphatic carbocycles. The van der Waals surface area contributed by atoms with Crippen molar-refractivity contribution in [2.24, 2.45) is 0 Å². The van der Waals surface area contributed by atoms with Crippen LogP contribution in [0.5, 0.6) is 0 Å². The second-order valence-electron chi connectivity index (χ2n) is 3.47. The summed E-state index contributed by atoms with van der Waals surface area (Å²) in [6, 6.07) is 3.12. The zero-order valence-electron chi connectivity index (χ0n) is 8.60. The van der Waals surface area contributed by atoms with Crippen LogP contribution in [-0.4, -0.2) is 20.6 Å². The van der Waals surface area contributed by atoms with E-state index in [0.29, 0.717) is 0 Å². The van der Waals surface area contributed by atoms with Crippen LogP contribution in [0.1, 0.15) is 16.1 Å². The van der Waals surface area contributed by atoms with Crippen LogP contribution in [0, 0.1) is 11.6 Å². The molecule has 0 amide bonds. The SMILES string of the molecule is O=C(O)c1cn(Cc2cc(F)ccc2F)cn1. The summed E-state index contributed by atoms with van der Waals surface area (Å²) in [7, 11) is 0. The van der Waals surface area contributed by atoms with Crippen molar-refractivity contribution in [1.29, 1.82) is 0 Å². The lowest BCUT2D eigenvalue weighted by molar-refractivity contribution is 0.0691. The van der Waals surface area contributed by atoms with Crippen molar-refractivity contribution >= 4 is 5.97 Å². The van der Waals surface area contributed by atoms with Crippen molar-refractivity contribution in [2.75, 3.05) is 0 Å². The summed E-state index contributed by atoms with van der Waals surface area (Å²) in [6.07, 6.45) is 2.51. The van der Waals surface area contributed by atoms with Gasteiger partial charge in [0.2, 0.25) is 0 Å². The second-order valence-corrected chi connectivity index (χ2v) is 3.47. The first-order chi connectivity index (χ1) is 8.06. The van der Waals surface area contributed by atoms with Gasteiger partial charge in [0.1, 0.15) is 11.6 Å². The molecule has 0 spiro atoms. The number of hydrogen-bond acceptors (Lipinski definition) is 2. The highest BCUT2D eigenvalue weighted by Crippen LogP contribution is 2.11. The molecule has 2 aromatic rings. The molecular formula is C11H8F2N2O2. The van der Waals surface area contributed by atoms with E-state index in [1.807, 2.05) is 0 Å². The summed E-state index contributed by atoms with van der Waals surface area (Å²) in [5.74, 6) is -2.25. The molecule has 0 saturated heterocycles. The minimum absolute atomic E-state index is 0.0316. The van der Waals surface area contributed by atoms with Gasteiger partial charge in [0.25, 0.3) is 0 Å². The Bertz CT molecular complexity index is 566. The predicted molar refractivity (Wildman–Crippen MR) is 54.6 cm³/mol. The molecule has 1 aromatic heterocycles. The van der Waals surface area contributed by atoms with Gasteiger partial charge in [0, 0.05) is 11.8 Å². The van der Waals surface area contributed by atoms with Crippen LogP contribution in [0.3, 0.4) is 0 Å². The number of aromatic carboxylic acids is 1. The molecule has 0 aliphatic heterocycles. The van der Waals surface area contributed by atoms with Crippen molar-refractivity contribution in [3.05, 3.63) is 53.6 Å². The van der Waals surface area contributed by atoms with E-state index in [1.165, 1.54) is 17.1 Å². The van der Waals surface area contributed by atoms with E-state index in [9.17, 15) is 13.6 Å². The summed E-state index contributed by atoms with van der Waals surface area (Å²) in [5, 5.41) is 8.65. The third-order valence-corrected chi connectivity index (χ3v) is 2.21. The third kappa shape index (κ3) is 2.47. The average Bonchev–Trinajstić information content (AvgIpc) is 2.72. The van der Waals surface area contributed by atoms with Crippen molar-refractivity contribution < 1.29 is 18.7 Å². The zero-order chi connectivity index (χ0) is 12.4. The first-order valence-electron chi connectivity index (χ1n) is 4.75. The predicted octanol–water partition coefficient (Wildman–Crippen LogP) is 1.91. The van der Waals surface area contributed by atoms with E-state index < -0.39 is 17.6 Å². The van der Waals surface area contributed by atoms with Crippen molar-refractivity contribution in [2.45, 2.75) is 6.54 Å². The molecule has 0 saturated carbocycles. The lowest BCUT2D eigenvalue weighted by Gasteiger charge is -2.03. The van der Waals surface area contributed by atoms with E-state index in [2.05, 4.69) is 4.98 Å². The van der Waals surface area contributed by atoms with Crippen LogP contribution in [0.15, 0.2) is 30.7 Å². The summed E-state index contributed by atoms with van der Waals surface area (Å²) in [4.78, 5) is 14.2. The number of imidazole rings is 1. The van der Waals surface area contributed by atoms with Gasteiger partial charge in [0.05, 0.1) is 12.9 Å². The molecular weight excluding hydrogens is 230 g/mol. The van der Waals surface area contributed by atoms with Gasteiger partial charge in [-0.1, -0.05) is 0 Å². The number of hydrogen-bond donors (Lipinski definition) is 1. The first-order valence-corrected chi connectivity index (χ1v) is 4.75. The largest absolute Gasteiger partial charge is 0.476 e. The zero-order valence-corrected chi connectivity index (χ0v) is 8.60. The molecule has 17 heavy (non-hydrogen) atoms. The Morgan fingerprint density at radius 1 is 1.41 bits per heavy atom. The number of nitrogens with zero attached hydrogens (tertiary/aromatic N) is 2. The molecule has 0 fully saturated rings. The summed E-state index contributed by atoms with van der Waals surface area (Å²) in [5.41, 5.74) is 0.00106. The van der Waals surface area contributed by atoms with E-state index in [-0.39, 0.29) is 17.8 Å². The number of benzene rings is 1. The Morgan fingerprint density at radius 3 is 2.82 bits per heavy atom. The lowest BCUT2D eigenvalue weighted by Crippen LogP contribution is -2.01. The Balaban J connectivity index is 2.25. The van der Waals surface area contributed by atoms with Gasteiger partial charge in [-0.15, -0.1) is 0 Å². The topological polar surface area (TPSA) is 55.1 Å². The van der Waals surface area contributed by atoms with E-state index >= 15 is 0 Å². The molecule has 0 atom stereocenters.